The van der Waals surface area contributed by atoms with Gasteiger partial charge in [0.1, 0.15) is 17.3 Å². The predicted molar refractivity (Wildman–Crippen MR) is 103 cm³/mol. The Bertz CT molecular complexity index is 956. The molecule has 0 spiro atoms. The van der Waals surface area contributed by atoms with Crippen LogP contribution in [0, 0.1) is 6.92 Å². The second-order valence-corrected chi connectivity index (χ2v) is 6.27. The van der Waals surface area contributed by atoms with Gasteiger partial charge in [-0.15, -0.1) is 0 Å². The van der Waals surface area contributed by atoms with Crippen LogP contribution in [0.25, 0.3) is 0 Å². The second kappa shape index (κ2) is 6.75. The van der Waals surface area contributed by atoms with Gasteiger partial charge in [0.2, 0.25) is 5.96 Å². The standard InChI is InChI=1S/C20H20N4O3/c1-12-16(26-2)10-13(11-17(12)27-3)19(25)23-20-22-15-7-5-4-6-14(15)18-21-8-9-24(18)20/h4-7,10-11H,8-9H2,1-3H3,(H,22,23,25). The molecule has 0 unspecified atom stereocenters. The number of fused-ring (bicyclic) bond motifs is 3. The van der Waals surface area contributed by atoms with Crippen LogP contribution in [-0.2, 0) is 0 Å². The lowest BCUT2D eigenvalue weighted by Gasteiger charge is -2.27. The van der Waals surface area contributed by atoms with E-state index in [-0.39, 0.29) is 5.91 Å². The number of rotatable bonds is 3. The summed E-state index contributed by atoms with van der Waals surface area (Å²) in [6.07, 6.45) is 0. The molecule has 2 aliphatic heterocycles. The highest BCUT2D eigenvalue weighted by atomic mass is 16.5. The number of para-hydroxylation sites is 1. The quantitative estimate of drug-likeness (QED) is 0.908. The van der Waals surface area contributed by atoms with E-state index < -0.39 is 0 Å². The molecule has 1 N–H and O–H groups in total. The number of aliphatic imine (C=N–C) groups is 2. The SMILES string of the molecule is COc1cc(C(=O)NC2=Nc3ccccc3C3=NCCN23)cc(OC)c1C. The lowest BCUT2D eigenvalue weighted by molar-refractivity contribution is 0.0973. The number of nitrogens with one attached hydrogen (secondary N) is 1. The van der Waals surface area contributed by atoms with Crippen molar-refractivity contribution in [2.24, 2.45) is 9.98 Å². The molecule has 0 aliphatic carbocycles. The van der Waals surface area contributed by atoms with Crippen LogP contribution in [0.15, 0.2) is 46.4 Å². The minimum Gasteiger partial charge on any atom is -0.496 e. The number of carbonyl (C=O) groups is 1. The number of methoxy groups -OCH3 is 2. The number of ether oxygens (including phenoxy) is 2. The van der Waals surface area contributed by atoms with E-state index in [2.05, 4.69) is 15.3 Å². The molecule has 4 rings (SSSR count). The van der Waals surface area contributed by atoms with Crippen molar-refractivity contribution in [1.82, 2.24) is 10.2 Å². The number of carbonyl (C=O) groups excluding carboxylic acids is 1. The molecule has 0 fully saturated rings. The Morgan fingerprint density at radius 3 is 2.56 bits per heavy atom. The molecule has 138 valence electrons. The molecule has 0 atom stereocenters. The first-order valence-corrected chi connectivity index (χ1v) is 8.66. The van der Waals surface area contributed by atoms with Gasteiger partial charge in [0.05, 0.1) is 26.5 Å². The maximum absolute atomic E-state index is 12.9. The molecule has 1 amide bonds. The Morgan fingerprint density at radius 2 is 1.85 bits per heavy atom. The van der Waals surface area contributed by atoms with Crippen LogP contribution in [0.3, 0.4) is 0 Å². The molecule has 2 aliphatic rings. The zero-order valence-electron chi connectivity index (χ0n) is 15.4. The normalized spacial score (nSPS) is 14.7. The third kappa shape index (κ3) is 2.91. The van der Waals surface area contributed by atoms with Crippen LogP contribution >= 0.6 is 0 Å². The van der Waals surface area contributed by atoms with Gasteiger partial charge in [-0.3, -0.25) is 20.0 Å². The van der Waals surface area contributed by atoms with Crippen molar-refractivity contribution >= 4 is 23.4 Å². The largest absolute Gasteiger partial charge is 0.496 e. The molecule has 0 bridgehead atoms. The van der Waals surface area contributed by atoms with E-state index >= 15 is 0 Å². The third-order valence-electron chi connectivity index (χ3n) is 4.71. The van der Waals surface area contributed by atoms with Crippen LogP contribution in [0.5, 0.6) is 11.5 Å². The zero-order valence-corrected chi connectivity index (χ0v) is 15.4. The summed E-state index contributed by atoms with van der Waals surface area (Å²) < 4.78 is 10.7. The molecule has 0 aromatic heterocycles. The molecule has 2 aromatic carbocycles. The summed E-state index contributed by atoms with van der Waals surface area (Å²) in [5.74, 6) is 2.23. The van der Waals surface area contributed by atoms with Gasteiger partial charge in [-0.2, -0.15) is 0 Å². The van der Waals surface area contributed by atoms with Gasteiger partial charge in [0, 0.05) is 23.2 Å². The third-order valence-corrected chi connectivity index (χ3v) is 4.71. The maximum Gasteiger partial charge on any atom is 0.258 e. The van der Waals surface area contributed by atoms with Crippen molar-refractivity contribution in [3.05, 3.63) is 53.1 Å². The Balaban J connectivity index is 1.68. The van der Waals surface area contributed by atoms with Gasteiger partial charge in [-0.1, -0.05) is 12.1 Å². The smallest absolute Gasteiger partial charge is 0.258 e. The Hall–Kier alpha value is -3.35. The molecule has 2 heterocycles. The highest BCUT2D eigenvalue weighted by molar-refractivity contribution is 6.19. The fourth-order valence-electron chi connectivity index (χ4n) is 3.30. The number of benzene rings is 2. The molecule has 7 nitrogen and oxygen atoms in total. The Labute approximate surface area is 157 Å². The highest BCUT2D eigenvalue weighted by Gasteiger charge is 2.30. The number of amides is 1. The van der Waals surface area contributed by atoms with Gasteiger partial charge < -0.3 is 9.47 Å². The molecular formula is C20H20N4O3. The number of amidine groups is 1. The maximum atomic E-state index is 12.9. The fraction of sp³-hybridized carbons (Fsp3) is 0.250. The van der Waals surface area contributed by atoms with Crippen LogP contribution < -0.4 is 14.8 Å². The number of hydrogen-bond acceptors (Lipinski definition) is 6. The first-order chi connectivity index (χ1) is 13.1. The summed E-state index contributed by atoms with van der Waals surface area (Å²) in [6.45, 7) is 3.24. The summed E-state index contributed by atoms with van der Waals surface area (Å²) in [7, 11) is 3.14. The fourth-order valence-corrected chi connectivity index (χ4v) is 3.30. The first kappa shape index (κ1) is 17.1. The molecule has 7 heteroatoms. The van der Waals surface area contributed by atoms with Crippen molar-refractivity contribution in [3.63, 3.8) is 0 Å². The highest BCUT2D eigenvalue weighted by Crippen LogP contribution is 2.30. The summed E-state index contributed by atoms with van der Waals surface area (Å²) in [5, 5.41) is 2.91. The molecular weight excluding hydrogens is 344 g/mol. The average Bonchev–Trinajstić information content (AvgIpc) is 3.18. The molecule has 0 radical (unpaired) electrons. The minimum absolute atomic E-state index is 0.281. The van der Waals surface area contributed by atoms with E-state index in [0.717, 1.165) is 22.6 Å². The van der Waals surface area contributed by atoms with Crippen LogP contribution in [0.2, 0.25) is 0 Å². The topological polar surface area (TPSA) is 75.5 Å². The van der Waals surface area contributed by atoms with Crippen molar-refractivity contribution in [1.29, 1.82) is 0 Å². The Kier molecular flexibility index (Phi) is 4.27. The summed E-state index contributed by atoms with van der Waals surface area (Å²) in [4.78, 5) is 24.0. The first-order valence-electron chi connectivity index (χ1n) is 8.66. The van der Waals surface area contributed by atoms with Crippen molar-refractivity contribution in [3.8, 4) is 11.5 Å². The van der Waals surface area contributed by atoms with Gasteiger partial charge in [0.15, 0.2) is 0 Å². The number of hydrogen-bond donors (Lipinski definition) is 1. The van der Waals surface area contributed by atoms with Gasteiger partial charge in [0.25, 0.3) is 5.91 Å². The average molecular weight is 364 g/mol. The lowest BCUT2D eigenvalue weighted by Crippen LogP contribution is -2.47. The van der Waals surface area contributed by atoms with Crippen molar-refractivity contribution in [2.75, 3.05) is 27.3 Å². The molecule has 27 heavy (non-hydrogen) atoms. The Morgan fingerprint density at radius 1 is 1.15 bits per heavy atom. The minimum atomic E-state index is -0.281. The number of nitrogens with zero attached hydrogens (tertiary/aromatic N) is 3. The summed E-state index contributed by atoms with van der Waals surface area (Å²) in [5.41, 5.74) is 3.05. The van der Waals surface area contributed by atoms with Crippen molar-refractivity contribution in [2.45, 2.75) is 6.92 Å². The molecule has 2 aromatic rings. The van der Waals surface area contributed by atoms with E-state index in [0.29, 0.717) is 36.1 Å². The van der Waals surface area contributed by atoms with Gasteiger partial charge in [-0.25, -0.2) is 4.99 Å². The summed E-state index contributed by atoms with van der Waals surface area (Å²) >= 11 is 0. The van der Waals surface area contributed by atoms with Crippen LogP contribution in [0.4, 0.5) is 5.69 Å². The monoisotopic (exact) mass is 364 g/mol. The molecule has 0 saturated heterocycles. The van der Waals surface area contributed by atoms with Crippen molar-refractivity contribution < 1.29 is 14.3 Å². The molecule has 0 saturated carbocycles. The number of guanidine groups is 1. The predicted octanol–water partition coefficient (Wildman–Crippen LogP) is 2.51. The van der Waals surface area contributed by atoms with E-state index in [1.165, 1.54) is 0 Å². The van der Waals surface area contributed by atoms with E-state index in [4.69, 9.17) is 9.47 Å². The van der Waals surface area contributed by atoms with E-state index in [1.807, 2.05) is 36.1 Å². The summed E-state index contributed by atoms with van der Waals surface area (Å²) in [6, 6.07) is 11.2. The lowest BCUT2D eigenvalue weighted by atomic mass is 10.1. The van der Waals surface area contributed by atoms with Gasteiger partial charge in [-0.05, 0) is 31.2 Å². The van der Waals surface area contributed by atoms with Crippen LogP contribution in [-0.4, -0.2) is 49.9 Å². The van der Waals surface area contributed by atoms with E-state index in [1.54, 1.807) is 26.4 Å². The zero-order chi connectivity index (χ0) is 19.0. The van der Waals surface area contributed by atoms with Crippen LogP contribution in [0.1, 0.15) is 21.5 Å². The van der Waals surface area contributed by atoms with E-state index in [9.17, 15) is 4.79 Å². The second-order valence-electron chi connectivity index (χ2n) is 6.27. The van der Waals surface area contributed by atoms with Gasteiger partial charge >= 0.3 is 0 Å².